The highest BCUT2D eigenvalue weighted by molar-refractivity contribution is 14.0. The lowest BCUT2D eigenvalue weighted by Crippen LogP contribution is -2.43. The number of thiophene rings is 1. The van der Waals surface area contributed by atoms with Gasteiger partial charge in [-0.1, -0.05) is 13.8 Å². The zero-order valence-corrected chi connectivity index (χ0v) is 18.0. The van der Waals surface area contributed by atoms with E-state index >= 15 is 0 Å². The Balaban J connectivity index is 0.00000484. The summed E-state index contributed by atoms with van der Waals surface area (Å²) in [5.41, 5.74) is 1.45. The summed E-state index contributed by atoms with van der Waals surface area (Å²) in [5, 5.41) is 18.2. The maximum absolute atomic E-state index is 9.32. The Bertz CT molecular complexity index is 458. The maximum atomic E-state index is 9.32. The van der Waals surface area contributed by atoms with Crippen molar-refractivity contribution >= 4 is 41.3 Å². The predicted molar refractivity (Wildman–Crippen MR) is 112 cm³/mol. The summed E-state index contributed by atoms with van der Waals surface area (Å²) < 4.78 is 0. The van der Waals surface area contributed by atoms with Gasteiger partial charge in [-0.05, 0) is 55.5 Å². The first kappa shape index (κ1) is 22.7. The van der Waals surface area contributed by atoms with Crippen LogP contribution in [0.5, 0.6) is 0 Å². The summed E-state index contributed by atoms with van der Waals surface area (Å²) in [6, 6.07) is 2.14. The molecule has 1 aromatic rings. The first-order valence-corrected chi connectivity index (χ1v) is 9.14. The molecule has 0 aliphatic heterocycles. The first-order chi connectivity index (χ1) is 10.6. The average molecular weight is 453 g/mol. The smallest absolute Gasteiger partial charge is 0.191 e. The van der Waals surface area contributed by atoms with Gasteiger partial charge in [0.05, 0.1) is 6.54 Å². The molecule has 0 unspecified atom stereocenters. The van der Waals surface area contributed by atoms with Gasteiger partial charge in [-0.3, -0.25) is 0 Å². The van der Waals surface area contributed by atoms with Gasteiger partial charge < -0.3 is 15.7 Å². The van der Waals surface area contributed by atoms with Crippen molar-refractivity contribution in [2.75, 3.05) is 19.7 Å². The number of halogens is 1. The third-order valence-corrected chi connectivity index (χ3v) is 5.47. The van der Waals surface area contributed by atoms with Crippen LogP contribution in [0.25, 0.3) is 0 Å². The van der Waals surface area contributed by atoms with Crippen LogP contribution in [0.15, 0.2) is 16.4 Å². The van der Waals surface area contributed by atoms with Crippen LogP contribution < -0.4 is 10.6 Å². The van der Waals surface area contributed by atoms with Gasteiger partial charge in [0.25, 0.3) is 0 Å². The van der Waals surface area contributed by atoms with E-state index in [2.05, 4.69) is 49.8 Å². The van der Waals surface area contributed by atoms with Gasteiger partial charge in [0.1, 0.15) is 0 Å². The fourth-order valence-electron chi connectivity index (χ4n) is 2.51. The van der Waals surface area contributed by atoms with Gasteiger partial charge in [0.15, 0.2) is 5.96 Å². The van der Waals surface area contributed by atoms with Gasteiger partial charge in [0.2, 0.25) is 0 Å². The Hall–Kier alpha value is -0.340. The van der Waals surface area contributed by atoms with Crippen molar-refractivity contribution in [2.45, 2.75) is 53.5 Å². The van der Waals surface area contributed by atoms with Crippen molar-refractivity contribution in [3.8, 4) is 0 Å². The zero-order valence-electron chi connectivity index (χ0n) is 14.8. The number of aryl methyl sites for hydroxylation is 1. The van der Waals surface area contributed by atoms with Crippen molar-refractivity contribution in [2.24, 2.45) is 10.4 Å². The van der Waals surface area contributed by atoms with E-state index in [0.29, 0.717) is 6.54 Å². The number of aliphatic hydroxyl groups excluding tert-OH is 1. The highest BCUT2D eigenvalue weighted by Gasteiger charge is 2.25. The molecule has 0 amide bonds. The molecule has 134 valence electrons. The highest BCUT2D eigenvalue weighted by atomic mass is 127. The van der Waals surface area contributed by atoms with Crippen LogP contribution in [-0.2, 0) is 6.54 Å². The monoisotopic (exact) mass is 453 g/mol. The van der Waals surface area contributed by atoms with Crippen molar-refractivity contribution < 1.29 is 5.11 Å². The lowest BCUT2D eigenvalue weighted by atomic mass is 9.79. The highest BCUT2D eigenvalue weighted by Crippen LogP contribution is 2.29. The van der Waals surface area contributed by atoms with Gasteiger partial charge in [-0.15, -0.1) is 35.3 Å². The van der Waals surface area contributed by atoms with Crippen LogP contribution in [0.2, 0.25) is 0 Å². The number of aliphatic imine (C=N–C) groups is 1. The number of hydrogen-bond acceptors (Lipinski definition) is 3. The topological polar surface area (TPSA) is 56.7 Å². The zero-order chi connectivity index (χ0) is 16.4. The molecule has 0 aliphatic rings. The fourth-order valence-corrected chi connectivity index (χ4v) is 3.34. The Labute approximate surface area is 162 Å². The van der Waals surface area contributed by atoms with Crippen LogP contribution in [0.3, 0.4) is 0 Å². The minimum absolute atomic E-state index is 0. The third kappa shape index (κ3) is 7.39. The van der Waals surface area contributed by atoms with Crippen LogP contribution in [0, 0.1) is 12.3 Å². The molecule has 6 heteroatoms. The second-order valence-electron chi connectivity index (χ2n) is 5.76. The van der Waals surface area contributed by atoms with E-state index < -0.39 is 0 Å². The first-order valence-electron chi connectivity index (χ1n) is 8.26. The van der Waals surface area contributed by atoms with Gasteiger partial charge in [0, 0.05) is 24.6 Å². The maximum Gasteiger partial charge on any atom is 0.191 e. The van der Waals surface area contributed by atoms with Crippen molar-refractivity contribution in [3.63, 3.8) is 0 Å². The molecule has 3 N–H and O–H groups in total. The molecule has 0 aliphatic carbocycles. The van der Waals surface area contributed by atoms with Crippen molar-refractivity contribution in [3.05, 3.63) is 21.9 Å². The molecule has 0 atom stereocenters. The minimum atomic E-state index is 0. The summed E-state index contributed by atoms with van der Waals surface area (Å²) in [6.45, 7) is 11.2. The Morgan fingerprint density at radius 3 is 2.43 bits per heavy atom. The van der Waals surface area contributed by atoms with Crippen LogP contribution in [0.4, 0.5) is 0 Å². The Kier molecular flexibility index (Phi) is 11.9. The van der Waals surface area contributed by atoms with E-state index in [-0.39, 0.29) is 36.0 Å². The molecule has 4 nitrogen and oxygen atoms in total. The standard InChI is InChI=1S/C17H31N3OS.HI/c1-5-17(6-2,9-10-21)13-20-16(18-7-3)19-12-15-14(4)8-11-22-15;/h8,11,21H,5-7,9-10,12-13H2,1-4H3,(H2,18,19,20);1H. The molecular formula is C17H32IN3OS. The second-order valence-corrected chi connectivity index (χ2v) is 6.76. The Morgan fingerprint density at radius 1 is 1.26 bits per heavy atom. The van der Waals surface area contributed by atoms with Crippen LogP contribution in [0.1, 0.15) is 50.5 Å². The number of rotatable bonds is 9. The molecule has 0 saturated carbocycles. The molecule has 0 aromatic carbocycles. The van der Waals surface area contributed by atoms with Crippen molar-refractivity contribution in [1.29, 1.82) is 0 Å². The lowest BCUT2D eigenvalue weighted by molar-refractivity contribution is 0.169. The van der Waals surface area contributed by atoms with Gasteiger partial charge >= 0.3 is 0 Å². The summed E-state index contributed by atoms with van der Waals surface area (Å²) in [7, 11) is 0. The SMILES string of the molecule is CCNC(=NCc1sccc1C)NCC(CC)(CC)CCO.I. The largest absolute Gasteiger partial charge is 0.396 e. The number of nitrogens with one attached hydrogen (secondary N) is 2. The predicted octanol–water partition coefficient (Wildman–Crippen LogP) is 3.92. The van der Waals surface area contributed by atoms with Crippen molar-refractivity contribution in [1.82, 2.24) is 10.6 Å². The van der Waals surface area contributed by atoms with Crippen LogP contribution >= 0.6 is 35.3 Å². The van der Waals surface area contributed by atoms with Gasteiger partial charge in [-0.2, -0.15) is 0 Å². The number of hydrogen-bond donors (Lipinski definition) is 3. The second kappa shape index (κ2) is 12.1. The molecule has 0 fully saturated rings. The normalized spacial score (nSPS) is 12.0. The van der Waals surface area contributed by atoms with E-state index in [4.69, 9.17) is 4.99 Å². The average Bonchev–Trinajstić information content (AvgIpc) is 2.94. The van der Waals surface area contributed by atoms with E-state index in [9.17, 15) is 5.11 Å². The summed E-state index contributed by atoms with van der Waals surface area (Å²) in [4.78, 5) is 6.00. The Morgan fingerprint density at radius 2 is 1.96 bits per heavy atom. The quantitative estimate of drug-likeness (QED) is 0.302. The molecule has 1 heterocycles. The molecule has 1 rings (SSSR count). The summed E-state index contributed by atoms with van der Waals surface area (Å²) >= 11 is 1.75. The lowest BCUT2D eigenvalue weighted by Gasteiger charge is -2.32. The number of guanidine groups is 1. The summed E-state index contributed by atoms with van der Waals surface area (Å²) in [5.74, 6) is 0.861. The molecule has 0 spiro atoms. The van der Waals surface area contributed by atoms with E-state index in [1.54, 1.807) is 11.3 Å². The molecular weight excluding hydrogens is 421 g/mol. The third-order valence-electron chi connectivity index (χ3n) is 4.47. The summed E-state index contributed by atoms with van der Waals surface area (Å²) in [6.07, 6.45) is 2.94. The molecule has 1 aromatic heterocycles. The fraction of sp³-hybridized carbons (Fsp3) is 0.706. The van der Waals surface area contributed by atoms with Gasteiger partial charge in [-0.25, -0.2) is 4.99 Å². The molecule has 0 radical (unpaired) electrons. The van der Waals surface area contributed by atoms with E-state index in [0.717, 1.165) is 38.3 Å². The van der Waals surface area contributed by atoms with E-state index in [1.807, 2.05) is 0 Å². The number of nitrogens with zero attached hydrogens (tertiary/aromatic N) is 1. The molecule has 23 heavy (non-hydrogen) atoms. The molecule has 0 saturated heterocycles. The van der Waals surface area contributed by atoms with Crippen LogP contribution in [-0.4, -0.2) is 30.8 Å². The minimum Gasteiger partial charge on any atom is -0.396 e. The van der Waals surface area contributed by atoms with E-state index in [1.165, 1.54) is 10.4 Å². The molecule has 0 bridgehead atoms. The number of aliphatic hydroxyl groups is 1.